The summed E-state index contributed by atoms with van der Waals surface area (Å²) in [6.45, 7) is 0. The highest BCUT2D eigenvalue weighted by Crippen LogP contribution is 2.06. The second kappa shape index (κ2) is 1.73. The van der Waals surface area contributed by atoms with Gasteiger partial charge in [0.15, 0.2) is 0 Å². The fraction of sp³-hybridized carbons (Fsp3) is 0. The van der Waals surface area contributed by atoms with Crippen molar-refractivity contribution in [2.24, 2.45) is 0 Å². The van der Waals surface area contributed by atoms with Crippen LogP contribution < -0.4 is 5.73 Å². The minimum absolute atomic E-state index is 0.718. The smallest absolute Gasteiger partial charge is 0.109 e. The molecular formula is C7H7N3. The fourth-order valence-electron chi connectivity index (χ4n) is 0.970. The van der Waals surface area contributed by atoms with Crippen LogP contribution in [0.15, 0.2) is 30.7 Å². The summed E-state index contributed by atoms with van der Waals surface area (Å²) < 4.78 is 1.83. The van der Waals surface area contributed by atoms with Gasteiger partial charge in [-0.1, -0.05) is 6.07 Å². The van der Waals surface area contributed by atoms with Gasteiger partial charge in [-0.05, 0) is 12.1 Å². The third-order valence-corrected chi connectivity index (χ3v) is 1.48. The van der Waals surface area contributed by atoms with Crippen LogP contribution in [-0.4, -0.2) is 9.38 Å². The zero-order valence-corrected chi connectivity index (χ0v) is 5.36. The Balaban J connectivity index is 2.95. The van der Waals surface area contributed by atoms with Gasteiger partial charge in [0.25, 0.3) is 0 Å². The van der Waals surface area contributed by atoms with Gasteiger partial charge in [-0.3, -0.25) is 4.40 Å². The molecule has 0 aliphatic rings. The first-order valence-corrected chi connectivity index (χ1v) is 3.04. The largest absolute Gasteiger partial charge is 0.385 e. The van der Waals surface area contributed by atoms with Crippen molar-refractivity contribution in [3.05, 3.63) is 30.7 Å². The standard InChI is InChI=1S/C7H7N3/c8-7-3-1-2-6-4-9-5-10(6)7/h1-5H,8H2. The molecule has 0 bridgehead atoms. The molecule has 50 valence electrons. The molecule has 0 atom stereocenters. The minimum Gasteiger partial charge on any atom is -0.385 e. The average molecular weight is 133 g/mol. The third-order valence-electron chi connectivity index (χ3n) is 1.48. The van der Waals surface area contributed by atoms with Crippen molar-refractivity contribution in [1.82, 2.24) is 9.38 Å². The van der Waals surface area contributed by atoms with Gasteiger partial charge in [-0.25, -0.2) is 4.98 Å². The summed E-state index contributed by atoms with van der Waals surface area (Å²) in [5.74, 6) is 0.718. The van der Waals surface area contributed by atoms with Crippen LogP contribution in [0.3, 0.4) is 0 Å². The van der Waals surface area contributed by atoms with E-state index in [0.717, 1.165) is 11.3 Å². The molecule has 0 saturated heterocycles. The first-order valence-electron chi connectivity index (χ1n) is 3.04. The van der Waals surface area contributed by atoms with E-state index in [-0.39, 0.29) is 0 Å². The highest BCUT2D eigenvalue weighted by molar-refractivity contribution is 5.51. The lowest BCUT2D eigenvalue weighted by molar-refractivity contribution is 1.17. The lowest BCUT2D eigenvalue weighted by Gasteiger charge is -1.95. The molecule has 0 radical (unpaired) electrons. The summed E-state index contributed by atoms with van der Waals surface area (Å²) in [7, 11) is 0. The van der Waals surface area contributed by atoms with Gasteiger partial charge in [0.05, 0.1) is 11.7 Å². The Morgan fingerprint density at radius 3 is 3.10 bits per heavy atom. The quantitative estimate of drug-likeness (QED) is 0.580. The molecule has 0 aliphatic carbocycles. The number of pyridine rings is 1. The molecule has 0 aliphatic heterocycles. The van der Waals surface area contributed by atoms with Crippen LogP contribution in [0, 0.1) is 0 Å². The van der Waals surface area contributed by atoms with Gasteiger partial charge in [-0.15, -0.1) is 0 Å². The maximum Gasteiger partial charge on any atom is 0.109 e. The molecule has 2 aromatic heterocycles. The van der Waals surface area contributed by atoms with Crippen LogP contribution in [-0.2, 0) is 0 Å². The molecule has 0 saturated carbocycles. The number of nitrogens with two attached hydrogens (primary N) is 1. The molecule has 3 heteroatoms. The van der Waals surface area contributed by atoms with Crippen molar-refractivity contribution in [2.45, 2.75) is 0 Å². The Morgan fingerprint density at radius 2 is 2.30 bits per heavy atom. The number of fused-ring (bicyclic) bond motifs is 1. The topological polar surface area (TPSA) is 43.3 Å². The fourth-order valence-corrected chi connectivity index (χ4v) is 0.970. The Kier molecular flexibility index (Phi) is 0.917. The second-order valence-corrected chi connectivity index (χ2v) is 2.14. The van der Waals surface area contributed by atoms with E-state index >= 15 is 0 Å². The van der Waals surface area contributed by atoms with E-state index in [1.54, 1.807) is 12.5 Å². The number of hydrogen-bond donors (Lipinski definition) is 1. The Labute approximate surface area is 58.1 Å². The number of anilines is 1. The lowest BCUT2D eigenvalue weighted by Crippen LogP contribution is -1.93. The third kappa shape index (κ3) is 0.572. The lowest BCUT2D eigenvalue weighted by atomic mass is 10.4. The molecule has 0 fully saturated rings. The number of imidazole rings is 1. The summed E-state index contributed by atoms with van der Waals surface area (Å²) in [5.41, 5.74) is 6.65. The van der Waals surface area contributed by atoms with E-state index in [9.17, 15) is 0 Å². The second-order valence-electron chi connectivity index (χ2n) is 2.14. The van der Waals surface area contributed by atoms with Gasteiger partial charge in [0.2, 0.25) is 0 Å². The zero-order valence-electron chi connectivity index (χ0n) is 5.36. The van der Waals surface area contributed by atoms with E-state index < -0.39 is 0 Å². The summed E-state index contributed by atoms with van der Waals surface area (Å²) >= 11 is 0. The summed E-state index contributed by atoms with van der Waals surface area (Å²) in [5, 5.41) is 0. The number of hydrogen-bond acceptors (Lipinski definition) is 2. The molecule has 2 rings (SSSR count). The molecule has 2 N–H and O–H groups in total. The first kappa shape index (κ1) is 5.29. The summed E-state index contributed by atoms with van der Waals surface area (Å²) in [6.07, 6.45) is 3.47. The predicted molar refractivity (Wildman–Crippen MR) is 39.6 cm³/mol. The van der Waals surface area contributed by atoms with Crippen molar-refractivity contribution < 1.29 is 0 Å². The molecular weight excluding hydrogens is 126 g/mol. The van der Waals surface area contributed by atoms with Crippen LogP contribution in [0.5, 0.6) is 0 Å². The van der Waals surface area contributed by atoms with Crippen LogP contribution in [0.25, 0.3) is 5.52 Å². The predicted octanol–water partition coefficient (Wildman–Crippen LogP) is 0.916. The normalized spacial score (nSPS) is 10.4. The Hall–Kier alpha value is -1.51. The van der Waals surface area contributed by atoms with Gasteiger partial charge >= 0.3 is 0 Å². The van der Waals surface area contributed by atoms with Gasteiger partial charge < -0.3 is 5.73 Å². The SMILES string of the molecule is Nc1cccc2cncn12. The summed E-state index contributed by atoms with van der Waals surface area (Å²) in [4.78, 5) is 3.95. The Bertz CT molecular complexity index is 350. The monoisotopic (exact) mass is 133 g/mol. The molecule has 0 unspecified atom stereocenters. The van der Waals surface area contributed by atoms with E-state index in [1.807, 2.05) is 22.6 Å². The number of rotatable bonds is 0. The van der Waals surface area contributed by atoms with Crippen molar-refractivity contribution >= 4 is 11.3 Å². The number of nitrogens with zero attached hydrogens (tertiary/aromatic N) is 2. The van der Waals surface area contributed by atoms with Crippen molar-refractivity contribution in [2.75, 3.05) is 5.73 Å². The molecule has 2 heterocycles. The first-order chi connectivity index (χ1) is 4.88. The summed E-state index contributed by atoms with van der Waals surface area (Å²) in [6, 6.07) is 5.71. The van der Waals surface area contributed by atoms with E-state index in [1.165, 1.54) is 0 Å². The van der Waals surface area contributed by atoms with Crippen LogP contribution in [0.4, 0.5) is 5.82 Å². The van der Waals surface area contributed by atoms with Gasteiger partial charge in [0.1, 0.15) is 12.1 Å². The Morgan fingerprint density at radius 1 is 1.40 bits per heavy atom. The van der Waals surface area contributed by atoms with Crippen molar-refractivity contribution in [3.63, 3.8) is 0 Å². The van der Waals surface area contributed by atoms with E-state index in [4.69, 9.17) is 5.73 Å². The number of aromatic nitrogens is 2. The highest BCUT2D eigenvalue weighted by Gasteiger charge is 1.92. The van der Waals surface area contributed by atoms with Gasteiger partial charge in [0, 0.05) is 0 Å². The van der Waals surface area contributed by atoms with E-state index in [2.05, 4.69) is 4.98 Å². The molecule has 0 aromatic carbocycles. The van der Waals surface area contributed by atoms with Crippen LogP contribution in [0.2, 0.25) is 0 Å². The van der Waals surface area contributed by atoms with Crippen LogP contribution in [0.1, 0.15) is 0 Å². The molecule has 0 amide bonds. The highest BCUT2D eigenvalue weighted by atomic mass is 15.0. The molecule has 3 nitrogen and oxygen atoms in total. The average Bonchev–Trinajstić information content (AvgIpc) is 2.36. The maximum atomic E-state index is 5.62. The van der Waals surface area contributed by atoms with Crippen molar-refractivity contribution in [1.29, 1.82) is 0 Å². The number of nitrogen functional groups attached to an aromatic ring is 1. The molecule has 2 aromatic rings. The van der Waals surface area contributed by atoms with Crippen LogP contribution >= 0.6 is 0 Å². The van der Waals surface area contributed by atoms with Crippen molar-refractivity contribution in [3.8, 4) is 0 Å². The minimum atomic E-state index is 0.718. The molecule has 10 heavy (non-hydrogen) atoms. The molecule has 0 spiro atoms. The van der Waals surface area contributed by atoms with Gasteiger partial charge in [-0.2, -0.15) is 0 Å². The zero-order chi connectivity index (χ0) is 6.97. The van der Waals surface area contributed by atoms with E-state index in [0.29, 0.717) is 0 Å². The maximum absolute atomic E-state index is 5.62.